The molecule has 0 saturated carbocycles. The Morgan fingerprint density at radius 1 is 1.24 bits per heavy atom. The number of hydrogen-bond donors (Lipinski definition) is 2. The Bertz CT molecular complexity index is 375. The van der Waals surface area contributed by atoms with Gasteiger partial charge in [-0.25, -0.2) is 0 Å². The number of carbonyl (C=O) groups excluding carboxylic acids is 1. The first-order valence-electron chi connectivity index (χ1n) is 4.97. The van der Waals surface area contributed by atoms with Crippen LogP contribution < -0.4 is 5.32 Å². The third-order valence-electron chi connectivity index (χ3n) is 2.11. The number of alkyl halides is 3. The van der Waals surface area contributed by atoms with Gasteiger partial charge >= 0.3 is 6.18 Å². The van der Waals surface area contributed by atoms with Crippen molar-refractivity contribution in [2.45, 2.75) is 19.1 Å². The van der Waals surface area contributed by atoms with Crippen molar-refractivity contribution in [2.24, 2.45) is 0 Å². The van der Waals surface area contributed by atoms with E-state index in [-0.39, 0.29) is 12.5 Å². The Morgan fingerprint density at radius 3 is 2.29 bits per heavy atom. The maximum absolute atomic E-state index is 12.3. The molecule has 0 fully saturated rings. The second-order valence-corrected chi connectivity index (χ2v) is 3.89. The Hall–Kier alpha value is -1.17. The largest absolute Gasteiger partial charge is 0.416 e. The molecule has 0 radical (unpaired) electrons. The molecule has 0 aliphatic rings. The second-order valence-electron chi connectivity index (χ2n) is 3.45. The molecule has 0 aliphatic heterocycles. The summed E-state index contributed by atoms with van der Waals surface area (Å²) >= 11 is 3.90. The van der Waals surface area contributed by atoms with Gasteiger partial charge in [0.25, 0.3) is 0 Å². The number of carbonyl (C=O) groups is 1. The predicted octanol–water partition coefficient (Wildman–Crippen LogP) is 2.64. The lowest BCUT2D eigenvalue weighted by Crippen LogP contribution is -2.22. The van der Waals surface area contributed by atoms with Crippen molar-refractivity contribution in [1.29, 1.82) is 0 Å². The zero-order chi connectivity index (χ0) is 12.9. The summed E-state index contributed by atoms with van der Waals surface area (Å²) in [4.78, 5) is 11.1. The van der Waals surface area contributed by atoms with Crippen LogP contribution in [-0.2, 0) is 17.5 Å². The molecule has 1 rings (SSSR count). The van der Waals surface area contributed by atoms with Crippen molar-refractivity contribution >= 4 is 18.5 Å². The topological polar surface area (TPSA) is 29.1 Å². The minimum Gasteiger partial charge on any atom is -0.352 e. The van der Waals surface area contributed by atoms with E-state index in [1.165, 1.54) is 12.1 Å². The summed E-state index contributed by atoms with van der Waals surface area (Å²) in [6, 6.07) is 4.70. The third-order valence-corrected chi connectivity index (χ3v) is 2.33. The fourth-order valence-corrected chi connectivity index (χ4v) is 1.41. The van der Waals surface area contributed by atoms with Crippen LogP contribution in [0.5, 0.6) is 0 Å². The average Bonchev–Trinajstić information content (AvgIpc) is 2.26. The smallest absolute Gasteiger partial charge is 0.352 e. The van der Waals surface area contributed by atoms with Gasteiger partial charge in [-0.2, -0.15) is 25.8 Å². The first-order chi connectivity index (χ1) is 7.93. The molecule has 6 heteroatoms. The molecule has 1 aromatic rings. The van der Waals surface area contributed by atoms with Gasteiger partial charge in [-0.3, -0.25) is 4.79 Å². The van der Waals surface area contributed by atoms with Crippen molar-refractivity contribution in [3.8, 4) is 0 Å². The Morgan fingerprint density at radius 2 is 1.82 bits per heavy atom. The maximum atomic E-state index is 12.3. The molecule has 1 amide bonds. The van der Waals surface area contributed by atoms with Crippen molar-refractivity contribution in [3.05, 3.63) is 35.4 Å². The molecule has 0 spiro atoms. The lowest BCUT2D eigenvalue weighted by Gasteiger charge is -2.08. The van der Waals surface area contributed by atoms with Crippen LogP contribution in [0, 0.1) is 0 Å². The standard InChI is InChI=1S/C11H12F3NOS/c12-11(13,14)9-3-1-8(2-4-9)7-15-10(16)5-6-17/h1-4,17H,5-7H2,(H,15,16). The van der Waals surface area contributed by atoms with E-state index < -0.39 is 11.7 Å². The average molecular weight is 263 g/mol. The molecule has 0 bridgehead atoms. The van der Waals surface area contributed by atoms with Gasteiger partial charge in [0.2, 0.25) is 5.91 Å². The van der Waals surface area contributed by atoms with Crippen molar-refractivity contribution in [3.63, 3.8) is 0 Å². The molecule has 1 aromatic carbocycles. The van der Waals surface area contributed by atoms with Crippen LogP contribution in [0.1, 0.15) is 17.5 Å². The molecule has 0 atom stereocenters. The summed E-state index contributed by atoms with van der Waals surface area (Å²) in [5, 5.41) is 2.59. The first-order valence-corrected chi connectivity index (χ1v) is 5.60. The lowest BCUT2D eigenvalue weighted by molar-refractivity contribution is -0.137. The van der Waals surface area contributed by atoms with E-state index in [9.17, 15) is 18.0 Å². The van der Waals surface area contributed by atoms with E-state index in [1.54, 1.807) is 0 Å². The molecule has 2 nitrogen and oxygen atoms in total. The SMILES string of the molecule is O=C(CCS)NCc1ccc(C(F)(F)F)cc1. The summed E-state index contributed by atoms with van der Waals surface area (Å²) in [6.45, 7) is 0.227. The quantitative estimate of drug-likeness (QED) is 0.803. The third kappa shape index (κ3) is 4.68. The fraction of sp³-hybridized carbons (Fsp3) is 0.364. The molecule has 1 N–H and O–H groups in total. The molecule has 0 aliphatic carbocycles. The van der Waals surface area contributed by atoms with Crippen molar-refractivity contribution in [2.75, 3.05) is 5.75 Å². The number of nitrogens with one attached hydrogen (secondary N) is 1. The van der Waals surface area contributed by atoms with Gasteiger partial charge < -0.3 is 5.32 Å². The molecule has 0 saturated heterocycles. The molecule has 94 valence electrons. The van der Waals surface area contributed by atoms with Crippen LogP contribution in [0.3, 0.4) is 0 Å². The van der Waals surface area contributed by atoms with E-state index >= 15 is 0 Å². The van der Waals surface area contributed by atoms with Crippen LogP contribution >= 0.6 is 12.6 Å². The fourth-order valence-electron chi connectivity index (χ4n) is 1.20. The second kappa shape index (κ2) is 5.95. The van der Waals surface area contributed by atoms with E-state index in [4.69, 9.17) is 0 Å². The minimum absolute atomic E-state index is 0.167. The first kappa shape index (κ1) is 13.9. The Labute approximate surface area is 103 Å². The number of amides is 1. The maximum Gasteiger partial charge on any atom is 0.416 e. The normalized spacial score (nSPS) is 11.3. The summed E-state index contributed by atoms with van der Waals surface area (Å²) in [5.74, 6) is 0.277. The number of hydrogen-bond acceptors (Lipinski definition) is 2. The van der Waals surface area contributed by atoms with Gasteiger partial charge in [0.05, 0.1) is 5.56 Å². The molecular weight excluding hydrogens is 251 g/mol. The molecule has 17 heavy (non-hydrogen) atoms. The highest BCUT2D eigenvalue weighted by Gasteiger charge is 2.29. The van der Waals surface area contributed by atoms with Crippen LogP contribution in [-0.4, -0.2) is 11.7 Å². The van der Waals surface area contributed by atoms with Gasteiger partial charge in [-0.05, 0) is 23.4 Å². The highest BCUT2D eigenvalue weighted by Crippen LogP contribution is 2.28. The van der Waals surface area contributed by atoms with E-state index in [1.807, 2.05) is 0 Å². The van der Waals surface area contributed by atoms with Crippen LogP contribution in [0.25, 0.3) is 0 Å². The molecule has 0 heterocycles. The van der Waals surface area contributed by atoms with Gasteiger partial charge in [0.1, 0.15) is 0 Å². The zero-order valence-corrected chi connectivity index (χ0v) is 9.81. The van der Waals surface area contributed by atoms with Gasteiger partial charge in [-0.15, -0.1) is 0 Å². The van der Waals surface area contributed by atoms with Crippen LogP contribution in [0.4, 0.5) is 13.2 Å². The Kier molecular flexibility index (Phi) is 4.86. The highest BCUT2D eigenvalue weighted by molar-refractivity contribution is 7.80. The number of rotatable bonds is 4. The minimum atomic E-state index is -4.33. The molecular formula is C11H12F3NOS. The Balaban J connectivity index is 2.54. The van der Waals surface area contributed by atoms with Crippen LogP contribution in [0.15, 0.2) is 24.3 Å². The predicted molar refractivity (Wildman–Crippen MR) is 61.8 cm³/mol. The van der Waals surface area contributed by atoms with Crippen LogP contribution in [0.2, 0.25) is 0 Å². The van der Waals surface area contributed by atoms with E-state index in [2.05, 4.69) is 17.9 Å². The monoisotopic (exact) mass is 263 g/mol. The van der Waals surface area contributed by atoms with Gasteiger partial charge in [0, 0.05) is 13.0 Å². The van der Waals surface area contributed by atoms with Crippen molar-refractivity contribution < 1.29 is 18.0 Å². The highest BCUT2D eigenvalue weighted by atomic mass is 32.1. The lowest BCUT2D eigenvalue weighted by atomic mass is 10.1. The number of benzene rings is 1. The summed E-state index contributed by atoms with van der Waals surface area (Å²) < 4.78 is 36.8. The molecule has 0 unspecified atom stereocenters. The van der Waals surface area contributed by atoms with E-state index in [0.29, 0.717) is 17.7 Å². The zero-order valence-electron chi connectivity index (χ0n) is 8.92. The van der Waals surface area contributed by atoms with E-state index in [0.717, 1.165) is 12.1 Å². The summed E-state index contributed by atoms with van der Waals surface area (Å²) in [7, 11) is 0. The van der Waals surface area contributed by atoms with Gasteiger partial charge in [0.15, 0.2) is 0 Å². The van der Waals surface area contributed by atoms with Crippen molar-refractivity contribution in [1.82, 2.24) is 5.32 Å². The number of thiol groups is 1. The molecule has 0 aromatic heterocycles. The van der Waals surface area contributed by atoms with Gasteiger partial charge in [-0.1, -0.05) is 12.1 Å². The number of halogens is 3. The summed E-state index contributed by atoms with van der Waals surface area (Å²) in [5.41, 5.74) is -0.0616. The summed E-state index contributed by atoms with van der Waals surface area (Å²) in [6.07, 6.45) is -4.03.